The summed E-state index contributed by atoms with van der Waals surface area (Å²) < 4.78 is 5.20. The van der Waals surface area contributed by atoms with Gasteiger partial charge in [0, 0.05) is 11.4 Å². The predicted octanol–water partition coefficient (Wildman–Crippen LogP) is 3.99. The molecule has 2 aromatic carbocycles. The van der Waals surface area contributed by atoms with Gasteiger partial charge in [0.2, 0.25) is 0 Å². The number of benzene rings is 2. The lowest BCUT2D eigenvalue weighted by Gasteiger charge is -1.99. The average Bonchev–Trinajstić information content (AvgIpc) is 2.92. The lowest BCUT2D eigenvalue weighted by molar-refractivity contribution is 0.418. The molecular weight excluding hydrogens is 288 g/mol. The van der Waals surface area contributed by atoms with Crippen LogP contribution in [0.15, 0.2) is 47.0 Å². The van der Waals surface area contributed by atoms with Crippen molar-refractivity contribution in [3.63, 3.8) is 0 Å². The summed E-state index contributed by atoms with van der Waals surface area (Å²) in [4.78, 5) is 4.30. The van der Waals surface area contributed by atoms with Crippen molar-refractivity contribution in [2.24, 2.45) is 0 Å². The van der Waals surface area contributed by atoms with E-state index in [0.717, 1.165) is 5.56 Å². The fraction of sp³-hybridized carbons (Fsp3) is 0.125. The van der Waals surface area contributed by atoms with Crippen LogP contribution in [0, 0.1) is 6.92 Å². The molecule has 0 saturated carbocycles. The fourth-order valence-corrected chi connectivity index (χ4v) is 2.18. The Hall–Kier alpha value is -2.33. The number of hydrogen-bond donors (Lipinski definition) is 1. The van der Waals surface area contributed by atoms with Gasteiger partial charge in [-0.05, 0) is 30.7 Å². The van der Waals surface area contributed by atoms with Crippen molar-refractivity contribution in [2.45, 2.75) is 13.3 Å². The van der Waals surface area contributed by atoms with Gasteiger partial charge in [0.25, 0.3) is 5.89 Å². The Morgan fingerprint density at radius 3 is 2.67 bits per heavy atom. The van der Waals surface area contributed by atoms with E-state index >= 15 is 0 Å². The molecule has 0 bridgehead atoms. The Labute approximate surface area is 127 Å². The minimum atomic E-state index is 0.0601. The first-order chi connectivity index (χ1) is 10.1. The second-order valence-electron chi connectivity index (χ2n) is 4.84. The standard InChI is InChI=1S/C16H13ClN2O2/c1-10-2-4-11(5-3-10)8-15-18-16(21-19-15)13-9-12(17)6-7-14(13)20/h2-7,9,20H,8H2,1H3. The van der Waals surface area contributed by atoms with Crippen LogP contribution < -0.4 is 0 Å². The molecular formula is C16H13ClN2O2. The molecule has 1 N–H and O–H groups in total. The molecule has 0 spiro atoms. The summed E-state index contributed by atoms with van der Waals surface area (Å²) in [7, 11) is 0. The lowest BCUT2D eigenvalue weighted by atomic mass is 10.1. The molecule has 1 heterocycles. The first-order valence-electron chi connectivity index (χ1n) is 6.49. The summed E-state index contributed by atoms with van der Waals surface area (Å²) in [5.74, 6) is 0.885. The third-order valence-corrected chi connectivity index (χ3v) is 3.38. The van der Waals surface area contributed by atoms with E-state index in [1.807, 2.05) is 31.2 Å². The van der Waals surface area contributed by atoms with Crippen LogP contribution >= 0.6 is 11.6 Å². The van der Waals surface area contributed by atoms with Crippen LogP contribution in [0.4, 0.5) is 0 Å². The molecule has 0 amide bonds. The molecule has 0 fully saturated rings. The van der Waals surface area contributed by atoms with Crippen LogP contribution in [0.3, 0.4) is 0 Å². The Morgan fingerprint density at radius 1 is 1.14 bits per heavy atom. The number of aromatic nitrogens is 2. The van der Waals surface area contributed by atoms with Gasteiger partial charge in [-0.3, -0.25) is 0 Å². The summed E-state index contributed by atoms with van der Waals surface area (Å²) in [5, 5.41) is 14.3. The zero-order chi connectivity index (χ0) is 14.8. The van der Waals surface area contributed by atoms with Crippen molar-refractivity contribution in [3.05, 3.63) is 64.4 Å². The third-order valence-electron chi connectivity index (χ3n) is 3.14. The van der Waals surface area contributed by atoms with Crippen LogP contribution in [0.25, 0.3) is 11.5 Å². The number of nitrogens with zero attached hydrogens (tertiary/aromatic N) is 2. The van der Waals surface area contributed by atoms with Gasteiger partial charge in [-0.1, -0.05) is 46.6 Å². The van der Waals surface area contributed by atoms with Gasteiger partial charge >= 0.3 is 0 Å². The molecule has 21 heavy (non-hydrogen) atoms. The van der Waals surface area contributed by atoms with Gasteiger partial charge in [0.05, 0.1) is 5.56 Å². The van der Waals surface area contributed by atoms with E-state index in [2.05, 4.69) is 10.1 Å². The van der Waals surface area contributed by atoms with Crippen molar-refractivity contribution in [1.29, 1.82) is 0 Å². The van der Waals surface area contributed by atoms with Gasteiger partial charge in [0.15, 0.2) is 5.82 Å². The molecule has 3 aromatic rings. The van der Waals surface area contributed by atoms with Crippen LogP contribution in [-0.4, -0.2) is 15.2 Å². The summed E-state index contributed by atoms with van der Waals surface area (Å²) in [6, 6.07) is 12.8. The maximum atomic E-state index is 9.83. The Bertz CT molecular complexity index is 766. The van der Waals surface area contributed by atoms with Crippen LogP contribution in [0.5, 0.6) is 5.75 Å². The topological polar surface area (TPSA) is 59.2 Å². The largest absolute Gasteiger partial charge is 0.507 e. The summed E-state index contributed by atoms with van der Waals surface area (Å²) in [6.45, 7) is 2.04. The van der Waals surface area contributed by atoms with E-state index in [4.69, 9.17) is 16.1 Å². The highest BCUT2D eigenvalue weighted by atomic mass is 35.5. The molecule has 1 aromatic heterocycles. The second kappa shape index (κ2) is 5.58. The highest BCUT2D eigenvalue weighted by Crippen LogP contribution is 2.30. The number of phenols is 1. The molecule has 0 aliphatic rings. The summed E-state index contributed by atoms with van der Waals surface area (Å²) in [6.07, 6.45) is 0.575. The van der Waals surface area contributed by atoms with Crippen molar-refractivity contribution in [2.75, 3.05) is 0 Å². The number of hydrogen-bond acceptors (Lipinski definition) is 4. The third kappa shape index (κ3) is 3.06. The zero-order valence-corrected chi connectivity index (χ0v) is 12.1. The smallest absolute Gasteiger partial charge is 0.261 e. The molecule has 0 saturated heterocycles. The van der Waals surface area contributed by atoms with Crippen molar-refractivity contribution in [1.82, 2.24) is 10.1 Å². The van der Waals surface area contributed by atoms with Gasteiger partial charge < -0.3 is 9.63 Å². The first-order valence-corrected chi connectivity index (χ1v) is 6.86. The van der Waals surface area contributed by atoms with Gasteiger partial charge in [-0.2, -0.15) is 4.98 Å². The molecule has 0 unspecified atom stereocenters. The number of aromatic hydroxyl groups is 1. The minimum Gasteiger partial charge on any atom is -0.507 e. The number of aryl methyl sites for hydroxylation is 1. The zero-order valence-electron chi connectivity index (χ0n) is 11.4. The van der Waals surface area contributed by atoms with E-state index < -0.39 is 0 Å². The van der Waals surface area contributed by atoms with Crippen molar-refractivity contribution in [3.8, 4) is 17.2 Å². The Balaban J connectivity index is 1.86. The van der Waals surface area contributed by atoms with Crippen LogP contribution in [-0.2, 0) is 6.42 Å². The predicted molar refractivity (Wildman–Crippen MR) is 80.4 cm³/mol. The van der Waals surface area contributed by atoms with E-state index in [-0.39, 0.29) is 11.6 Å². The maximum Gasteiger partial charge on any atom is 0.261 e. The molecule has 4 nitrogen and oxygen atoms in total. The summed E-state index contributed by atoms with van der Waals surface area (Å²) >= 11 is 5.92. The van der Waals surface area contributed by atoms with E-state index in [0.29, 0.717) is 22.8 Å². The quantitative estimate of drug-likeness (QED) is 0.794. The molecule has 0 aliphatic carbocycles. The van der Waals surface area contributed by atoms with E-state index in [1.54, 1.807) is 12.1 Å². The highest BCUT2D eigenvalue weighted by Gasteiger charge is 2.13. The second-order valence-corrected chi connectivity index (χ2v) is 5.28. The normalized spacial score (nSPS) is 10.8. The Morgan fingerprint density at radius 2 is 1.90 bits per heavy atom. The molecule has 0 aliphatic heterocycles. The molecule has 0 radical (unpaired) electrons. The Kier molecular flexibility index (Phi) is 3.62. The fourth-order valence-electron chi connectivity index (χ4n) is 2.00. The van der Waals surface area contributed by atoms with Gasteiger partial charge in [0.1, 0.15) is 5.75 Å². The van der Waals surface area contributed by atoms with Gasteiger partial charge in [-0.25, -0.2) is 0 Å². The highest BCUT2D eigenvalue weighted by molar-refractivity contribution is 6.30. The summed E-state index contributed by atoms with van der Waals surface area (Å²) in [5.41, 5.74) is 2.74. The van der Waals surface area contributed by atoms with Gasteiger partial charge in [-0.15, -0.1) is 0 Å². The average molecular weight is 301 g/mol. The molecule has 3 rings (SSSR count). The SMILES string of the molecule is Cc1ccc(Cc2noc(-c3cc(Cl)ccc3O)n2)cc1. The number of halogens is 1. The molecule has 106 valence electrons. The van der Waals surface area contributed by atoms with E-state index in [1.165, 1.54) is 11.6 Å². The first kappa shape index (κ1) is 13.6. The maximum absolute atomic E-state index is 9.83. The number of rotatable bonds is 3. The van der Waals surface area contributed by atoms with Crippen molar-refractivity contribution < 1.29 is 9.63 Å². The van der Waals surface area contributed by atoms with E-state index in [9.17, 15) is 5.11 Å². The molecule has 0 atom stereocenters. The lowest BCUT2D eigenvalue weighted by Crippen LogP contribution is -1.91. The van der Waals surface area contributed by atoms with Crippen molar-refractivity contribution >= 4 is 11.6 Å². The van der Waals surface area contributed by atoms with Crippen LogP contribution in [0.2, 0.25) is 5.02 Å². The van der Waals surface area contributed by atoms with Crippen LogP contribution in [0.1, 0.15) is 17.0 Å². The monoisotopic (exact) mass is 300 g/mol. The minimum absolute atomic E-state index is 0.0601. The molecule has 5 heteroatoms. The number of phenolic OH excluding ortho intramolecular Hbond substituents is 1.